The SMILES string of the molecule is O=C1CCC(N2Cc3cc(-c4cn(-c5ccc(C(F)(F)F)cc5)nn4)ccc3C2=O)C(=O)N1. The molecule has 0 saturated carbocycles. The molecule has 2 aliphatic rings. The van der Waals surface area contributed by atoms with Gasteiger partial charge >= 0.3 is 6.18 Å². The molecule has 5 rings (SSSR count). The Hall–Kier alpha value is -4.02. The van der Waals surface area contributed by atoms with Gasteiger partial charge in [-0.05, 0) is 48.4 Å². The van der Waals surface area contributed by atoms with Crippen LogP contribution in [0, 0.1) is 0 Å². The van der Waals surface area contributed by atoms with Crippen LogP contribution in [0.25, 0.3) is 16.9 Å². The zero-order valence-corrected chi connectivity index (χ0v) is 17.0. The largest absolute Gasteiger partial charge is 0.416 e. The third-order valence-electron chi connectivity index (χ3n) is 5.77. The molecule has 3 heterocycles. The molecular weight excluding hydrogens is 439 g/mol. The number of nitrogens with zero attached hydrogens (tertiary/aromatic N) is 4. The fourth-order valence-electron chi connectivity index (χ4n) is 4.06. The highest BCUT2D eigenvalue weighted by molar-refractivity contribution is 6.05. The van der Waals surface area contributed by atoms with Gasteiger partial charge in [0.25, 0.3) is 5.91 Å². The number of hydrogen-bond acceptors (Lipinski definition) is 5. The minimum atomic E-state index is -4.42. The summed E-state index contributed by atoms with van der Waals surface area (Å²) in [6.45, 7) is 0.224. The molecule has 0 radical (unpaired) electrons. The van der Waals surface area contributed by atoms with Crippen molar-refractivity contribution in [2.45, 2.75) is 31.6 Å². The number of piperidine rings is 1. The number of carbonyl (C=O) groups is 3. The molecule has 2 aliphatic heterocycles. The summed E-state index contributed by atoms with van der Waals surface area (Å²) in [5.41, 5.74) is 2.00. The highest BCUT2D eigenvalue weighted by Gasteiger charge is 2.39. The van der Waals surface area contributed by atoms with Gasteiger partial charge in [0.1, 0.15) is 11.7 Å². The van der Waals surface area contributed by atoms with Crippen molar-refractivity contribution in [1.82, 2.24) is 25.2 Å². The first kappa shape index (κ1) is 20.9. The zero-order valence-electron chi connectivity index (χ0n) is 17.0. The molecule has 33 heavy (non-hydrogen) atoms. The van der Waals surface area contributed by atoms with E-state index in [1.54, 1.807) is 24.4 Å². The second kappa shape index (κ2) is 7.54. The molecule has 3 amide bonds. The number of amides is 3. The van der Waals surface area contributed by atoms with Gasteiger partial charge in [-0.2, -0.15) is 13.2 Å². The van der Waals surface area contributed by atoms with Crippen molar-refractivity contribution in [3.63, 3.8) is 0 Å². The van der Waals surface area contributed by atoms with Gasteiger partial charge in [-0.25, -0.2) is 4.68 Å². The molecule has 168 valence electrons. The molecule has 1 fully saturated rings. The lowest BCUT2D eigenvalue weighted by molar-refractivity contribution is -0.138. The molecule has 0 aliphatic carbocycles. The van der Waals surface area contributed by atoms with E-state index in [1.165, 1.54) is 21.7 Å². The van der Waals surface area contributed by atoms with Gasteiger partial charge in [-0.1, -0.05) is 11.3 Å². The first-order valence-corrected chi connectivity index (χ1v) is 10.1. The Bertz CT molecular complexity index is 1280. The second-order valence-corrected chi connectivity index (χ2v) is 7.86. The minimum Gasteiger partial charge on any atom is -0.322 e. The average Bonchev–Trinajstić information content (AvgIpc) is 3.39. The number of fused-ring (bicyclic) bond motifs is 1. The second-order valence-electron chi connectivity index (χ2n) is 7.86. The third kappa shape index (κ3) is 3.75. The van der Waals surface area contributed by atoms with Crippen LogP contribution in [0.1, 0.15) is 34.3 Å². The van der Waals surface area contributed by atoms with E-state index >= 15 is 0 Å². The first-order chi connectivity index (χ1) is 15.7. The lowest BCUT2D eigenvalue weighted by atomic mass is 10.0. The van der Waals surface area contributed by atoms with Gasteiger partial charge < -0.3 is 4.90 Å². The monoisotopic (exact) mass is 455 g/mol. The molecule has 1 N–H and O–H groups in total. The number of hydrogen-bond donors (Lipinski definition) is 1. The lowest BCUT2D eigenvalue weighted by Crippen LogP contribution is -2.52. The summed E-state index contributed by atoms with van der Waals surface area (Å²) in [7, 11) is 0. The number of aromatic nitrogens is 3. The van der Waals surface area contributed by atoms with Crippen LogP contribution in [0.5, 0.6) is 0 Å². The molecular formula is C22H16F3N5O3. The smallest absolute Gasteiger partial charge is 0.322 e. The number of rotatable bonds is 3. The normalized spacial score (nSPS) is 18.5. The predicted molar refractivity (Wildman–Crippen MR) is 108 cm³/mol. The van der Waals surface area contributed by atoms with E-state index in [0.717, 1.165) is 12.1 Å². The molecule has 1 aromatic heterocycles. The summed E-state index contributed by atoms with van der Waals surface area (Å²) < 4.78 is 39.7. The van der Waals surface area contributed by atoms with E-state index < -0.39 is 23.7 Å². The van der Waals surface area contributed by atoms with Gasteiger partial charge in [0.15, 0.2) is 0 Å². The third-order valence-corrected chi connectivity index (χ3v) is 5.77. The van der Waals surface area contributed by atoms with Gasteiger partial charge in [-0.15, -0.1) is 5.10 Å². The van der Waals surface area contributed by atoms with E-state index in [-0.39, 0.29) is 31.2 Å². The molecule has 8 nitrogen and oxygen atoms in total. The van der Waals surface area contributed by atoms with Gasteiger partial charge in [0.2, 0.25) is 11.8 Å². The molecule has 0 spiro atoms. The standard InChI is InChI=1S/C22H16F3N5O3/c23-22(24,25)14-2-4-15(5-3-14)30-11-17(27-28-30)12-1-6-16-13(9-12)10-29(21(16)33)18-7-8-19(31)26-20(18)32/h1-6,9,11,18H,7-8,10H2,(H,26,31,32). The van der Waals surface area contributed by atoms with Crippen LogP contribution in [0.2, 0.25) is 0 Å². The fraction of sp³-hybridized carbons (Fsp3) is 0.227. The van der Waals surface area contributed by atoms with Crippen LogP contribution in [0.4, 0.5) is 13.2 Å². The Balaban J connectivity index is 1.37. The lowest BCUT2D eigenvalue weighted by Gasteiger charge is -2.29. The molecule has 0 bridgehead atoms. The number of carbonyl (C=O) groups excluding carboxylic acids is 3. The van der Waals surface area contributed by atoms with Crippen LogP contribution in [0.3, 0.4) is 0 Å². The Morgan fingerprint density at radius 2 is 1.79 bits per heavy atom. The van der Waals surface area contributed by atoms with Crippen LogP contribution >= 0.6 is 0 Å². The van der Waals surface area contributed by atoms with Crippen LogP contribution in [-0.4, -0.2) is 43.7 Å². The summed E-state index contributed by atoms with van der Waals surface area (Å²) in [5.74, 6) is -1.11. The van der Waals surface area contributed by atoms with Crippen molar-refractivity contribution < 1.29 is 27.6 Å². The topological polar surface area (TPSA) is 97.2 Å². The van der Waals surface area contributed by atoms with E-state index in [9.17, 15) is 27.6 Å². The Morgan fingerprint density at radius 1 is 1.03 bits per heavy atom. The van der Waals surface area contributed by atoms with E-state index in [4.69, 9.17) is 0 Å². The Morgan fingerprint density at radius 3 is 2.48 bits per heavy atom. The highest BCUT2D eigenvalue weighted by atomic mass is 19.4. The Labute approximate surface area is 185 Å². The van der Waals surface area contributed by atoms with Gasteiger partial charge in [0, 0.05) is 24.1 Å². The maximum Gasteiger partial charge on any atom is 0.416 e. The quantitative estimate of drug-likeness (QED) is 0.613. The maximum absolute atomic E-state index is 12.8. The number of alkyl halides is 3. The van der Waals surface area contributed by atoms with E-state index in [1.807, 2.05) is 0 Å². The minimum absolute atomic E-state index is 0.175. The summed E-state index contributed by atoms with van der Waals surface area (Å²) >= 11 is 0. The van der Waals surface area contributed by atoms with Crippen molar-refractivity contribution in [2.24, 2.45) is 0 Å². The van der Waals surface area contributed by atoms with Crippen LogP contribution in [0.15, 0.2) is 48.7 Å². The van der Waals surface area contributed by atoms with Crippen molar-refractivity contribution in [2.75, 3.05) is 0 Å². The predicted octanol–water partition coefficient (Wildman–Crippen LogP) is 2.71. The van der Waals surface area contributed by atoms with E-state index in [2.05, 4.69) is 15.6 Å². The average molecular weight is 455 g/mol. The van der Waals surface area contributed by atoms with Gasteiger partial charge in [0.05, 0.1) is 17.4 Å². The zero-order chi connectivity index (χ0) is 23.3. The van der Waals surface area contributed by atoms with Crippen molar-refractivity contribution in [1.29, 1.82) is 0 Å². The molecule has 3 aromatic rings. The number of nitrogens with one attached hydrogen (secondary N) is 1. The van der Waals surface area contributed by atoms with E-state index in [0.29, 0.717) is 28.1 Å². The number of benzene rings is 2. The summed E-state index contributed by atoms with van der Waals surface area (Å²) in [4.78, 5) is 37.8. The summed E-state index contributed by atoms with van der Waals surface area (Å²) in [5, 5.41) is 10.4. The highest BCUT2D eigenvalue weighted by Crippen LogP contribution is 2.32. The summed E-state index contributed by atoms with van der Waals surface area (Å²) in [6.07, 6.45) is -2.39. The van der Waals surface area contributed by atoms with Gasteiger partial charge in [-0.3, -0.25) is 19.7 Å². The van der Waals surface area contributed by atoms with Crippen LogP contribution < -0.4 is 5.32 Å². The number of imide groups is 1. The van der Waals surface area contributed by atoms with Crippen molar-refractivity contribution >= 4 is 17.7 Å². The molecule has 1 atom stereocenters. The fourth-order valence-corrected chi connectivity index (χ4v) is 4.06. The van der Waals surface area contributed by atoms with Crippen LogP contribution in [-0.2, 0) is 22.3 Å². The number of halogens is 3. The molecule has 2 aromatic carbocycles. The van der Waals surface area contributed by atoms with Crippen molar-refractivity contribution in [3.05, 3.63) is 65.4 Å². The van der Waals surface area contributed by atoms with Crippen molar-refractivity contribution in [3.8, 4) is 16.9 Å². The molecule has 1 saturated heterocycles. The molecule has 1 unspecified atom stereocenters. The summed E-state index contributed by atoms with van der Waals surface area (Å²) in [6, 6.07) is 8.98. The Kier molecular flexibility index (Phi) is 4.76. The first-order valence-electron chi connectivity index (χ1n) is 10.1. The maximum atomic E-state index is 12.8. The molecule has 11 heteroatoms.